The number of rotatable bonds is 3. The smallest absolute Gasteiger partial charge is 0.161 e. The Labute approximate surface area is 118 Å². The van der Waals surface area contributed by atoms with Crippen LogP contribution in [-0.4, -0.2) is 26.4 Å². The highest BCUT2D eigenvalue weighted by atomic mass is 35.5. The Kier molecular flexibility index (Phi) is 3.27. The van der Waals surface area contributed by atoms with E-state index in [2.05, 4.69) is 25.5 Å². The van der Waals surface area contributed by atoms with Gasteiger partial charge in [-0.2, -0.15) is 5.10 Å². The van der Waals surface area contributed by atoms with Crippen LogP contribution in [0.5, 0.6) is 0 Å². The molecular weight excluding hydrogens is 282 g/mol. The number of benzene rings is 1. The molecular formula is C12H10ClN5S. The fourth-order valence-corrected chi connectivity index (χ4v) is 2.50. The number of hydrogen-bond donors (Lipinski definition) is 2. The highest BCUT2D eigenvalue weighted by Crippen LogP contribution is 2.29. The number of nitrogens with zero attached hydrogens (tertiary/aromatic N) is 3. The predicted octanol–water partition coefficient (Wildman–Crippen LogP) is 3.47. The van der Waals surface area contributed by atoms with Gasteiger partial charge in [-0.05, 0) is 24.5 Å². The van der Waals surface area contributed by atoms with Crippen LogP contribution < -0.4 is 5.32 Å². The van der Waals surface area contributed by atoms with E-state index < -0.39 is 0 Å². The summed E-state index contributed by atoms with van der Waals surface area (Å²) in [6.45, 7) is 0. The average molecular weight is 292 g/mol. The van der Waals surface area contributed by atoms with Crippen molar-refractivity contribution in [1.82, 2.24) is 20.2 Å². The summed E-state index contributed by atoms with van der Waals surface area (Å²) in [7, 11) is 0. The molecule has 0 aliphatic carbocycles. The number of thioether (sulfide) groups is 1. The van der Waals surface area contributed by atoms with Crippen molar-refractivity contribution in [3.8, 4) is 0 Å². The molecule has 0 aliphatic rings. The summed E-state index contributed by atoms with van der Waals surface area (Å²) in [5, 5.41) is 12.8. The third kappa shape index (κ3) is 2.36. The highest BCUT2D eigenvalue weighted by molar-refractivity contribution is 7.98. The molecule has 0 unspecified atom stereocenters. The molecule has 2 aromatic heterocycles. The molecule has 96 valence electrons. The minimum atomic E-state index is 0.674. The third-order valence-electron chi connectivity index (χ3n) is 2.61. The van der Waals surface area contributed by atoms with Gasteiger partial charge in [-0.1, -0.05) is 17.7 Å². The average Bonchev–Trinajstić information content (AvgIpc) is 2.83. The first-order valence-corrected chi connectivity index (χ1v) is 7.14. The highest BCUT2D eigenvalue weighted by Gasteiger charge is 2.12. The van der Waals surface area contributed by atoms with Gasteiger partial charge in [-0.15, -0.1) is 11.8 Å². The maximum atomic E-state index is 5.97. The van der Waals surface area contributed by atoms with Crippen LogP contribution in [-0.2, 0) is 0 Å². The first-order chi connectivity index (χ1) is 9.28. The zero-order valence-corrected chi connectivity index (χ0v) is 11.6. The third-order valence-corrected chi connectivity index (χ3v) is 3.52. The summed E-state index contributed by atoms with van der Waals surface area (Å²) in [6.07, 6.45) is 3.46. The Balaban J connectivity index is 2.07. The number of fused-ring (bicyclic) bond motifs is 1. The zero-order chi connectivity index (χ0) is 13.2. The number of aromatic amines is 1. The van der Waals surface area contributed by atoms with Crippen LogP contribution in [0.1, 0.15) is 0 Å². The molecule has 7 heteroatoms. The summed E-state index contributed by atoms with van der Waals surface area (Å²) in [4.78, 5) is 8.44. The standard InChI is InChI=1S/C12H10ClN5S/c1-19-12-9-10(14-6-15-11(9)17-18-12)16-8-4-2-3-7(13)5-8/h2-6H,1H3,(H2,14,15,16,17,18). The molecule has 3 rings (SSSR count). The minimum absolute atomic E-state index is 0.674. The van der Waals surface area contributed by atoms with Crippen LogP contribution in [0, 0.1) is 0 Å². The van der Waals surface area contributed by atoms with E-state index in [4.69, 9.17) is 11.6 Å². The molecule has 0 saturated heterocycles. The Morgan fingerprint density at radius 3 is 3.00 bits per heavy atom. The SMILES string of the molecule is CSc1n[nH]c2ncnc(Nc3cccc(Cl)c3)c12. The number of aromatic nitrogens is 4. The van der Waals surface area contributed by atoms with Gasteiger partial charge in [0.15, 0.2) is 5.65 Å². The van der Waals surface area contributed by atoms with Crippen molar-refractivity contribution in [3.63, 3.8) is 0 Å². The molecule has 0 aliphatic heterocycles. The maximum Gasteiger partial charge on any atom is 0.161 e. The van der Waals surface area contributed by atoms with Crippen LogP contribution in [0.25, 0.3) is 11.0 Å². The van der Waals surface area contributed by atoms with Gasteiger partial charge in [0.25, 0.3) is 0 Å². The van der Waals surface area contributed by atoms with Gasteiger partial charge in [0, 0.05) is 10.7 Å². The van der Waals surface area contributed by atoms with Gasteiger partial charge in [0.1, 0.15) is 17.2 Å². The van der Waals surface area contributed by atoms with Crippen LogP contribution >= 0.6 is 23.4 Å². The van der Waals surface area contributed by atoms with E-state index in [0.29, 0.717) is 16.5 Å². The lowest BCUT2D eigenvalue weighted by atomic mass is 10.3. The molecule has 0 fully saturated rings. The van der Waals surface area contributed by atoms with E-state index in [1.165, 1.54) is 6.33 Å². The van der Waals surface area contributed by atoms with Crippen molar-refractivity contribution in [2.45, 2.75) is 5.03 Å². The largest absolute Gasteiger partial charge is 0.339 e. The van der Waals surface area contributed by atoms with Crippen molar-refractivity contribution >= 4 is 45.9 Å². The molecule has 0 amide bonds. The van der Waals surface area contributed by atoms with Crippen molar-refractivity contribution in [2.75, 3.05) is 11.6 Å². The molecule has 1 aromatic carbocycles. The molecule has 0 bridgehead atoms. The second-order valence-corrected chi connectivity index (χ2v) is 5.05. The van der Waals surface area contributed by atoms with Gasteiger partial charge in [-0.25, -0.2) is 9.97 Å². The van der Waals surface area contributed by atoms with Crippen molar-refractivity contribution in [2.24, 2.45) is 0 Å². The number of H-pyrrole nitrogens is 1. The molecule has 0 spiro atoms. The second kappa shape index (κ2) is 5.07. The minimum Gasteiger partial charge on any atom is -0.339 e. The van der Waals surface area contributed by atoms with E-state index >= 15 is 0 Å². The lowest BCUT2D eigenvalue weighted by Crippen LogP contribution is -1.95. The summed E-state index contributed by atoms with van der Waals surface area (Å²) < 4.78 is 0. The summed E-state index contributed by atoms with van der Waals surface area (Å²) in [6, 6.07) is 7.48. The predicted molar refractivity (Wildman–Crippen MR) is 78.2 cm³/mol. The lowest BCUT2D eigenvalue weighted by Gasteiger charge is -2.06. The normalized spacial score (nSPS) is 10.8. The summed E-state index contributed by atoms with van der Waals surface area (Å²) in [5.41, 5.74) is 1.59. The lowest BCUT2D eigenvalue weighted by molar-refractivity contribution is 1.02. The second-order valence-electron chi connectivity index (χ2n) is 3.81. The number of hydrogen-bond acceptors (Lipinski definition) is 5. The summed E-state index contributed by atoms with van der Waals surface area (Å²) >= 11 is 7.52. The van der Waals surface area contributed by atoms with Gasteiger partial charge in [-0.3, -0.25) is 5.10 Å². The van der Waals surface area contributed by atoms with Crippen molar-refractivity contribution in [3.05, 3.63) is 35.6 Å². The molecule has 0 saturated carbocycles. The van der Waals surface area contributed by atoms with E-state index in [1.54, 1.807) is 11.8 Å². The Bertz CT molecular complexity index is 727. The monoisotopic (exact) mass is 291 g/mol. The molecule has 5 nitrogen and oxygen atoms in total. The van der Waals surface area contributed by atoms with E-state index in [9.17, 15) is 0 Å². The Hall–Kier alpha value is -1.79. The molecule has 0 radical (unpaired) electrons. The molecule has 19 heavy (non-hydrogen) atoms. The fourth-order valence-electron chi connectivity index (χ4n) is 1.78. The molecule has 3 aromatic rings. The maximum absolute atomic E-state index is 5.97. The van der Waals surface area contributed by atoms with Crippen LogP contribution in [0.4, 0.5) is 11.5 Å². The quantitative estimate of drug-likeness (QED) is 0.723. The number of halogens is 1. The molecule has 0 atom stereocenters. The van der Waals surface area contributed by atoms with Gasteiger partial charge >= 0.3 is 0 Å². The van der Waals surface area contributed by atoms with Crippen molar-refractivity contribution < 1.29 is 0 Å². The van der Waals surface area contributed by atoms with E-state index in [1.807, 2.05) is 30.5 Å². The Morgan fingerprint density at radius 2 is 2.21 bits per heavy atom. The van der Waals surface area contributed by atoms with Crippen molar-refractivity contribution in [1.29, 1.82) is 0 Å². The van der Waals surface area contributed by atoms with Gasteiger partial charge in [0.2, 0.25) is 0 Å². The van der Waals surface area contributed by atoms with Gasteiger partial charge < -0.3 is 5.32 Å². The van der Waals surface area contributed by atoms with Gasteiger partial charge in [0.05, 0.1) is 5.39 Å². The van der Waals surface area contributed by atoms with Crippen LogP contribution in [0.3, 0.4) is 0 Å². The topological polar surface area (TPSA) is 66.5 Å². The fraction of sp³-hybridized carbons (Fsp3) is 0.0833. The summed E-state index contributed by atoms with van der Waals surface area (Å²) in [5.74, 6) is 0.713. The Morgan fingerprint density at radius 1 is 1.32 bits per heavy atom. The van der Waals surface area contributed by atoms with E-state index in [0.717, 1.165) is 16.1 Å². The van der Waals surface area contributed by atoms with E-state index in [-0.39, 0.29) is 0 Å². The first-order valence-electron chi connectivity index (χ1n) is 5.53. The van der Waals surface area contributed by atoms with Crippen LogP contribution in [0.2, 0.25) is 5.02 Å². The number of anilines is 2. The zero-order valence-electron chi connectivity index (χ0n) is 10.0. The van der Waals surface area contributed by atoms with Crippen LogP contribution in [0.15, 0.2) is 35.6 Å². The first kappa shape index (κ1) is 12.3. The number of nitrogens with one attached hydrogen (secondary N) is 2. The molecule has 2 heterocycles. The molecule has 2 N–H and O–H groups in total.